The van der Waals surface area contributed by atoms with Gasteiger partial charge >= 0.3 is 0 Å². The van der Waals surface area contributed by atoms with Crippen LogP contribution in [0.5, 0.6) is 0 Å². The minimum absolute atomic E-state index is 0.413. The van der Waals surface area contributed by atoms with Crippen LogP contribution in [0.3, 0.4) is 0 Å². The maximum Gasteiger partial charge on any atom is 0.160 e. The molecule has 5 heteroatoms. The fraction of sp³-hybridized carbons (Fsp3) is 0.400. The van der Waals surface area contributed by atoms with Crippen molar-refractivity contribution in [2.24, 2.45) is 0 Å². The van der Waals surface area contributed by atoms with Crippen LogP contribution in [0.1, 0.15) is 30.3 Å². The number of hydrogen-bond donors (Lipinski definition) is 0. The van der Waals surface area contributed by atoms with Gasteiger partial charge in [0.1, 0.15) is 11.3 Å². The highest BCUT2D eigenvalue weighted by molar-refractivity contribution is 6.17. The summed E-state index contributed by atoms with van der Waals surface area (Å²) in [5.74, 6) is 1.65. The Kier molecular flexibility index (Phi) is 4.99. The summed E-state index contributed by atoms with van der Waals surface area (Å²) in [5, 5.41) is 0. The molecule has 25 heavy (non-hydrogen) atoms. The zero-order chi connectivity index (χ0) is 17.1. The Morgan fingerprint density at radius 2 is 2.00 bits per heavy atom. The molecule has 1 atom stereocenters. The fourth-order valence-corrected chi connectivity index (χ4v) is 4.02. The quantitative estimate of drug-likeness (QED) is 0.648. The van der Waals surface area contributed by atoms with E-state index in [2.05, 4.69) is 44.8 Å². The highest BCUT2D eigenvalue weighted by atomic mass is 35.5. The Morgan fingerprint density at radius 3 is 2.84 bits per heavy atom. The van der Waals surface area contributed by atoms with Crippen LogP contribution < -0.4 is 0 Å². The minimum Gasteiger partial charge on any atom is -0.308 e. The Bertz CT molecular complexity index is 830. The lowest BCUT2D eigenvalue weighted by atomic mass is 10.0. The lowest BCUT2D eigenvalue weighted by molar-refractivity contribution is 0.170. The van der Waals surface area contributed by atoms with Crippen LogP contribution in [0.15, 0.2) is 48.7 Å². The zero-order valence-electron chi connectivity index (χ0n) is 14.3. The van der Waals surface area contributed by atoms with Crippen molar-refractivity contribution in [3.63, 3.8) is 0 Å². The second-order valence-corrected chi connectivity index (χ2v) is 7.08. The predicted molar refractivity (Wildman–Crippen MR) is 102 cm³/mol. The monoisotopic (exact) mass is 354 g/mol. The molecule has 0 saturated carbocycles. The van der Waals surface area contributed by atoms with Gasteiger partial charge in [0.2, 0.25) is 0 Å². The second-order valence-electron chi connectivity index (χ2n) is 6.70. The topological polar surface area (TPSA) is 34.0 Å². The molecule has 1 aromatic carbocycles. The van der Waals surface area contributed by atoms with Crippen molar-refractivity contribution >= 4 is 22.8 Å². The van der Waals surface area contributed by atoms with E-state index in [1.54, 1.807) is 0 Å². The number of fused-ring (bicyclic) bond motifs is 1. The average molecular weight is 355 g/mol. The molecule has 2 aromatic heterocycles. The van der Waals surface area contributed by atoms with Crippen molar-refractivity contribution in [1.82, 2.24) is 19.4 Å². The Hall–Kier alpha value is -1.91. The molecule has 3 heterocycles. The third kappa shape index (κ3) is 3.55. The van der Waals surface area contributed by atoms with Crippen LogP contribution in [0.25, 0.3) is 11.2 Å². The standard InChI is InChI=1S/C20H23ClN4/c21-11-10-19-23-18-9-4-12-22-20(18)25(19)17-8-5-13-24(15-17)14-16-6-2-1-3-7-16/h1-4,6-7,9,12,17H,5,8,10-11,13-15H2. The molecule has 0 radical (unpaired) electrons. The molecule has 0 spiro atoms. The molecule has 1 unspecified atom stereocenters. The number of hydrogen-bond acceptors (Lipinski definition) is 3. The van der Waals surface area contributed by atoms with E-state index in [-0.39, 0.29) is 0 Å². The second kappa shape index (κ2) is 7.54. The largest absolute Gasteiger partial charge is 0.308 e. The van der Waals surface area contributed by atoms with E-state index in [1.165, 1.54) is 18.4 Å². The number of likely N-dealkylation sites (tertiary alicyclic amines) is 1. The number of rotatable bonds is 5. The maximum atomic E-state index is 6.03. The highest BCUT2D eigenvalue weighted by Crippen LogP contribution is 2.28. The zero-order valence-corrected chi connectivity index (χ0v) is 15.1. The summed E-state index contributed by atoms with van der Waals surface area (Å²) in [6, 6.07) is 15.1. The van der Waals surface area contributed by atoms with Gasteiger partial charge in [0.15, 0.2) is 5.65 Å². The minimum atomic E-state index is 0.413. The van der Waals surface area contributed by atoms with Gasteiger partial charge in [-0.2, -0.15) is 0 Å². The van der Waals surface area contributed by atoms with Crippen molar-refractivity contribution in [3.8, 4) is 0 Å². The number of benzene rings is 1. The van der Waals surface area contributed by atoms with Gasteiger partial charge < -0.3 is 4.57 Å². The number of alkyl halides is 1. The van der Waals surface area contributed by atoms with Gasteiger partial charge in [0, 0.05) is 37.6 Å². The molecule has 1 saturated heterocycles. The lowest BCUT2D eigenvalue weighted by Gasteiger charge is -2.34. The van der Waals surface area contributed by atoms with E-state index >= 15 is 0 Å². The first-order valence-electron chi connectivity index (χ1n) is 8.99. The van der Waals surface area contributed by atoms with Crippen molar-refractivity contribution in [1.29, 1.82) is 0 Å². The van der Waals surface area contributed by atoms with Gasteiger partial charge in [-0.25, -0.2) is 9.97 Å². The van der Waals surface area contributed by atoms with E-state index in [4.69, 9.17) is 16.6 Å². The number of aryl methyl sites for hydroxylation is 1. The Labute approximate surface area is 153 Å². The number of piperidine rings is 1. The molecule has 1 aliphatic rings. The lowest BCUT2D eigenvalue weighted by Crippen LogP contribution is -2.36. The smallest absolute Gasteiger partial charge is 0.160 e. The first kappa shape index (κ1) is 16.6. The molecule has 4 rings (SSSR count). The van der Waals surface area contributed by atoms with E-state index in [0.29, 0.717) is 11.9 Å². The van der Waals surface area contributed by atoms with E-state index in [1.807, 2.05) is 18.3 Å². The summed E-state index contributed by atoms with van der Waals surface area (Å²) in [6.07, 6.45) is 5.01. The van der Waals surface area contributed by atoms with Crippen molar-refractivity contribution in [3.05, 3.63) is 60.0 Å². The third-order valence-electron chi connectivity index (χ3n) is 4.93. The Morgan fingerprint density at radius 1 is 1.12 bits per heavy atom. The molecular weight excluding hydrogens is 332 g/mol. The van der Waals surface area contributed by atoms with Crippen LogP contribution in [0, 0.1) is 0 Å². The number of pyridine rings is 1. The SMILES string of the molecule is ClCCc1nc2cccnc2n1C1CCCN(Cc2ccccc2)C1. The molecule has 0 amide bonds. The van der Waals surface area contributed by atoms with Gasteiger partial charge in [0.05, 0.1) is 0 Å². The van der Waals surface area contributed by atoms with Crippen LogP contribution >= 0.6 is 11.6 Å². The van der Waals surface area contributed by atoms with Crippen LogP contribution in [-0.4, -0.2) is 38.4 Å². The molecule has 4 nitrogen and oxygen atoms in total. The average Bonchev–Trinajstić information content (AvgIpc) is 3.01. The van der Waals surface area contributed by atoms with E-state index < -0.39 is 0 Å². The summed E-state index contributed by atoms with van der Waals surface area (Å²) >= 11 is 6.03. The van der Waals surface area contributed by atoms with Gasteiger partial charge in [0.25, 0.3) is 0 Å². The molecule has 0 bridgehead atoms. The highest BCUT2D eigenvalue weighted by Gasteiger charge is 2.25. The molecule has 3 aromatic rings. The summed E-state index contributed by atoms with van der Waals surface area (Å²) in [7, 11) is 0. The van der Waals surface area contributed by atoms with Gasteiger partial charge in [-0.1, -0.05) is 30.3 Å². The molecule has 1 aliphatic heterocycles. The fourth-order valence-electron chi connectivity index (χ4n) is 3.85. The first-order chi connectivity index (χ1) is 12.3. The summed E-state index contributed by atoms with van der Waals surface area (Å²) in [5.41, 5.74) is 3.34. The number of imidazole rings is 1. The maximum absolute atomic E-state index is 6.03. The van der Waals surface area contributed by atoms with Gasteiger partial charge in [-0.15, -0.1) is 11.6 Å². The number of nitrogens with zero attached hydrogens (tertiary/aromatic N) is 4. The van der Waals surface area contributed by atoms with E-state index in [0.717, 1.165) is 43.0 Å². The predicted octanol–water partition coefficient (Wildman–Crippen LogP) is 4.05. The first-order valence-corrected chi connectivity index (χ1v) is 9.52. The summed E-state index contributed by atoms with van der Waals surface area (Å²) < 4.78 is 2.34. The molecule has 1 fully saturated rings. The Balaban J connectivity index is 1.60. The van der Waals surface area contributed by atoms with E-state index in [9.17, 15) is 0 Å². The number of halogens is 1. The summed E-state index contributed by atoms with van der Waals surface area (Å²) in [4.78, 5) is 11.9. The molecule has 130 valence electrons. The third-order valence-corrected chi connectivity index (χ3v) is 5.12. The van der Waals surface area contributed by atoms with Gasteiger partial charge in [-0.3, -0.25) is 4.90 Å². The van der Waals surface area contributed by atoms with Crippen molar-refractivity contribution in [2.75, 3.05) is 19.0 Å². The van der Waals surface area contributed by atoms with Crippen molar-refractivity contribution in [2.45, 2.75) is 31.8 Å². The number of aromatic nitrogens is 3. The van der Waals surface area contributed by atoms with Crippen molar-refractivity contribution < 1.29 is 0 Å². The van der Waals surface area contributed by atoms with Crippen LogP contribution in [0.2, 0.25) is 0 Å². The van der Waals surface area contributed by atoms with Crippen LogP contribution in [-0.2, 0) is 13.0 Å². The molecular formula is C20H23ClN4. The van der Waals surface area contributed by atoms with Gasteiger partial charge in [-0.05, 0) is 37.1 Å². The normalized spacial score (nSPS) is 18.7. The molecule has 0 aliphatic carbocycles. The van der Waals surface area contributed by atoms with Crippen LogP contribution in [0.4, 0.5) is 0 Å². The molecule has 0 N–H and O–H groups in total. The summed E-state index contributed by atoms with van der Waals surface area (Å²) in [6.45, 7) is 3.19.